The number of carbonyl (C=O) groups excluding carboxylic acids is 1. The van der Waals surface area contributed by atoms with E-state index in [9.17, 15) is 4.79 Å². The van der Waals surface area contributed by atoms with Crippen molar-refractivity contribution in [2.75, 3.05) is 13.2 Å². The summed E-state index contributed by atoms with van der Waals surface area (Å²) in [6, 6.07) is 8.14. The Morgan fingerprint density at radius 2 is 2.44 bits per heavy atom. The molecule has 0 unspecified atom stereocenters. The highest BCUT2D eigenvalue weighted by molar-refractivity contribution is 5.72. The fourth-order valence-corrected chi connectivity index (χ4v) is 1.20. The first kappa shape index (κ1) is 12.5. The number of carbonyl (C=O) groups is 1. The summed E-state index contributed by atoms with van der Waals surface area (Å²) in [5, 5.41) is 11.6. The van der Waals surface area contributed by atoms with E-state index in [1.165, 1.54) is 6.92 Å². The van der Waals surface area contributed by atoms with E-state index in [1.54, 1.807) is 18.2 Å². The zero-order valence-corrected chi connectivity index (χ0v) is 9.32. The molecule has 1 aromatic carbocycles. The van der Waals surface area contributed by atoms with Gasteiger partial charge in [-0.2, -0.15) is 0 Å². The van der Waals surface area contributed by atoms with Crippen molar-refractivity contribution in [2.24, 2.45) is 0 Å². The van der Waals surface area contributed by atoms with Crippen LogP contribution in [0, 0.1) is 6.07 Å². The Bertz CT molecular complexity index is 339. The normalized spacial score (nSPS) is 9.88. The summed E-state index contributed by atoms with van der Waals surface area (Å²) in [6.07, 6.45) is 0.757. The number of aliphatic hydroxyl groups is 1. The highest BCUT2D eigenvalue weighted by Crippen LogP contribution is 2.12. The molecule has 1 rings (SSSR count). The van der Waals surface area contributed by atoms with E-state index in [-0.39, 0.29) is 12.5 Å². The Morgan fingerprint density at radius 1 is 1.62 bits per heavy atom. The third-order valence-electron chi connectivity index (χ3n) is 1.97. The molecule has 0 atom stereocenters. The summed E-state index contributed by atoms with van der Waals surface area (Å²) in [6.45, 7) is 2.60. The van der Waals surface area contributed by atoms with Crippen molar-refractivity contribution in [3.8, 4) is 5.75 Å². The summed E-state index contributed by atoms with van der Waals surface area (Å²) < 4.78 is 5.45. The molecule has 0 spiro atoms. The first-order valence-electron chi connectivity index (χ1n) is 5.21. The highest BCUT2D eigenvalue weighted by atomic mass is 16.5. The van der Waals surface area contributed by atoms with Gasteiger partial charge in [-0.05, 0) is 30.2 Å². The molecule has 0 saturated carbocycles. The summed E-state index contributed by atoms with van der Waals surface area (Å²) >= 11 is 0. The lowest BCUT2D eigenvalue weighted by Gasteiger charge is -2.07. The number of nitrogens with one attached hydrogen (secondary N) is 1. The molecule has 0 fully saturated rings. The van der Waals surface area contributed by atoms with Crippen molar-refractivity contribution in [1.82, 2.24) is 5.32 Å². The molecule has 87 valence electrons. The maximum absolute atomic E-state index is 10.6. The van der Waals surface area contributed by atoms with E-state index in [1.807, 2.05) is 0 Å². The standard InChI is InChI=1S/C12H16NO3/c1-10(15)13-6-3-7-16-12-5-2-4-11(8-12)9-14/h2,5,8,14H,3,6-7,9H2,1H3,(H,13,15). The average molecular weight is 222 g/mol. The van der Waals surface area contributed by atoms with Crippen LogP contribution in [0.1, 0.15) is 18.9 Å². The number of ether oxygens (including phenoxy) is 1. The monoisotopic (exact) mass is 222 g/mol. The van der Waals surface area contributed by atoms with Crippen LogP contribution in [0.4, 0.5) is 0 Å². The van der Waals surface area contributed by atoms with Crippen LogP contribution in [-0.4, -0.2) is 24.2 Å². The Hall–Kier alpha value is -1.55. The van der Waals surface area contributed by atoms with E-state index in [2.05, 4.69) is 11.4 Å². The summed E-state index contributed by atoms with van der Waals surface area (Å²) in [7, 11) is 0. The van der Waals surface area contributed by atoms with Crippen molar-refractivity contribution in [1.29, 1.82) is 0 Å². The average Bonchev–Trinajstić information content (AvgIpc) is 2.28. The number of aliphatic hydroxyl groups excluding tert-OH is 1. The predicted octanol–water partition coefficient (Wildman–Crippen LogP) is 0.884. The van der Waals surface area contributed by atoms with Gasteiger partial charge in [-0.25, -0.2) is 0 Å². The van der Waals surface area contributed by atoms with E-state index < -0.39 is 0 Å². The third kappa shape index (κ3) is 4.79. The van der Waals surface area contributed by atoms with E-state index in [4.69, 9.17) is 9.84 Å². The predicted molar refractivity (Wildman–Crippen MR) is 60.0 cm³/mol. The Labute approximate surface area is 95.2 Å². The molecular formula is C12H16NO3. The second-order valence-corrected chi connectivity index (χ2v) is 3.39. The second kappa shape index (κ2) is 6.85. The van der Waals surface area contributed by atoms with Gasteiger partial charge in [0.25, 0.3) is 0 Å². The van der Waals surface area contributed by atoms with Gasteiger partial charge in [-0.1, -0.05) is 6.07 Å². The van der Waals surface area contributed by atoms with E-state index in [0.29, 0.717) is 24.5 Å². The zero-order valence-electron chi connectivity index (χ0n) is 9.32. The quantitative estimate of drug-likeness (QED) is 0.703. The van der Waals surface area contributed by atoms with Gasteiger partial charge in [0.1, 0.15) is 5.75 Å². The second-order valence-electron chi connectivity index (χ2n) is 3.39. The molecule has 1 radical (unpaired) electrons. The lowest BCUT2D eigenvalue weighted by molar-refractivity contribution is -0.118. The molecule has 0 aliphatic heterocycles. The lowest BCUT2D eigenvalue weighted by atomic mass is 10.2. The first-order valence-corrected chi connectivity index (χ1v) is 5.21. The van der Waals surface area contributed by atoms with Gasteiger partial charge in [-0.3, -0.25) is 4.79 Å². The van der Waals surface area contributed by atoms with Crippen LogP contribution in [0.3, 0.4) is 0 Å². The number of amides is 1. The number of rotatable bonds is 6. The molecule has 0 bridgehead atoms. The van der Waals surface area contributed by atoms with Crippen molar-refractivity contribution in [2.45, 2.75) is 20.0 Å². The topological polar surface area (TPSA) is 58.6 Å². The van der Waals surface area contributed by atoms with Crippen molar-refractivity contribution in [3.63, 3.8) is 0 Å². The maximum Gasteiger partial charge on any atom is 0.216 e. The summed E-state index contributed by atoms with van der Waals surface area (Å²) in [4.78, 5) is 10.6. The molecule has 0 saturated heterocycles. The van der Waals surface area contributed by atoms with Gasteiger partial charge >= 0.3 is 0 Å². The summed E-state index contributed by atoms with van der Waals surface area (Å²) in [5.41, 5.74) is 0.708. The minimum Gasteiger partial charge on any atom is -0.494 e. The molecule has 0 heterocycles. The fourth-order valence-electron chi connectivity index (χ4n) is 1.20. The van der Waals surface area contributed by atoms with E-state index >= 15 is 0 Å². The smallest absolute Gasteiger partial charge is 0.216 e. The lowest BCUT2D eigenvalue weighted by Crippen LogP contribution is -2.22. The molecule has 16 heavy (non-hydrogen) atoms. The van der Waals surface area contributed by atoms with Gasteiger partial charge < -0.3 is 15.2 Å². The van der Waals surface area contributed by atoms with Gasteiger partial charge in [-0.15, -0.1) is 0 Å². The van der Waals surface area contributed by atoms with Crippen LogP contribution in [0.25, 0.3) is 0 Å². The number of hydrogen-bond donors (Lipinski definition) is 2. The van der Waals surface area contributed by atoms with E-state index in [0.717, 1.165) is 6.42 Å². The summed E-state index contributed by atoms with van der Waals surface area (Å²) in [5.74, 6) is 0.683. The number of benzene rings is 1. The molecule has 4 nitrogen and oxygen atoms in total. The van der Waals surface area contributed by atoms with Gasteiger partial charge in [0.15, 0.2) is 0 Å². The molecule has 2 N–H and O–H groups in total. The molecule has 0 aromatic heterocycles. The van der Waals surface area contributed by atoms with Crippen molar-refractivity contribution >= 4 is 5.91 Å². The van der Waals surface area contributed by atoms with Crippen LogP contribution >= 0.6 is 0 Å². The molecule has 4 heteroatoms. The molecule has 1 aromatic rings. The zero-order chi connectivity index (χ0) is 11.8. The Balaban J connectivity index is 2.23. The fraction of sp³-hybridized carbons (Fsp3) is 0.417. The minimum atomic E-state index is -0.0386. The molecule has 0 aliphatic rings. The Kier molecular flexibility index (Phi) is 5.36. The van der Waals surface area contributed by atoms with Crippen molar-refractivity contribution in [3.05, 3.63) is 29.8 Å². The van der Waals surface area contributed by atoms with Crippen LogP contribution in [0.5, 0.6) is 5.75 Å². The molecular weight excluding hydrogens is 206 g/mol. The minimum absolute atomic E-state index is 0.0307. The van der Waals surface area contributed by atoms with Gasteiger partial charge in [0.05, 0.1) is 13.2 Å². The largest absolute Gasteiger partial charge is 0.494 e. The van der Waals surface area contributed by atoms with Crippen LogP contribution < -0.4 is 10.1 Å². The van der Waals surface area contributed by atoms with Crippen molar-refractivity contribution < 1.29 is 14.6 Å². The van der Waals surface area contributed by atoms with Crippen LogP contribution in [0.2, 0.25) is 0 Å². The first-order chi connectivity index (χ1) is 7.72. The number of hydrogen-bond acceptors (Lipinski definition) is 3. The Morgan fingerprint density at radius 3 is 3.12 bits per heavy atom. The third-order valence-corrected chi connectivity index (χ3v) is 1.97. The molecule has 1 amide bonds. The van der Waals surface area contributed by atoms with Gasteiger partial charge in [0.2, 0.25) is 5.91 Å². The maximum atomic E-state index is 10.6. The highest BCUT2D eigenvalue weighted by Gasteiger charge is 1.96. The molecule has 0 aliphatic carbocycles. The van der Waals surface area contributed by atoms with Gasteiger partial charge in [0, 0.05) is 13.5 Å². The van der Waals surface area contributed by atoms with Crippen LogP contribution in [0.15, 0.2) is 18.2 Å². The van der Waals surface area contributed by atoms with Crippen LogP contribution in [-0.2, 0) is 11.4 Å². The SMILES string of the molecule is CC(=O)NCCCOc1cc[c]c(CO)c1.